The highest BCUT2D eigenvalue weighted by molar-refractivity contribution is 5.83. The summed E-state index contributed by atoms with van der Waals surface area (Å²) in [5.74, 6) is 1.61. The fourth-order valence-electron chi connectivity index (χ4n) is 3.01. The molecule has 3 aromatic heterocycles. The summed E-state index contributed by atoms with van der Waals surface area (Å²) in [6, 6.07) is 13.6. The van der Waals surface area contributed by atoms with Crippen molar-refractivity contribution >= 4 is 16.9 Å². The van der Waals surface area contributed by atoms with Crippen LogP contribution in [-0.2, 0) is 6.42 Å². The largest absolute Gasteiger partial charge is 0.463 e. The third-order valence-electron chi connectivity index (χ3n) is 4.22. The first-order valence-electron chi connectivity index (χ1n) is 8.45. The SMILES string of the molecule is CCCCc1c(-c2ccco2)nc(N)nc1-c1cc2ccccc2o1. The third-order valence-corrected chi connectivity index (χ3v) is 4.22. The minimum atomic E-state index is 0.210. The molecule has 5 heteroatoms. The van der Waals surface area contributed by atoms with E-state index in [4.69, 9.17) is 14.6 Å². The van der Waals surface area contributed by atoms with E-state index in [0.717, 1.165) is 47.2 Å². The molecule has 0 aliphatic heterocycles. The molecule has 25 heavy (non-hydrogen) atoms. The highest BCUT2D eigenvalue weighted by Crippen LogP contribution is 2.34. The number of hydrogen-bond donors (Lipinski definition) is 1. The van der Waals surface area contributed by atoms with Gasteiger partial charge in [0.25, 0.3) is 0 Å². The second-order valence-corrected chi connectivity index (χ2v) is 5.99. The maximum atomic E-state index is 6.03. The maximum Gasteiger partial charge on any atom is 0.221 e. The van der Waals surface area contributed by atoms with Crippen LogP contribution in [0.3, 0.4) is 0 Å². The van der Waals surface area contributed by atoms with E-state index in [2.05, 4.69) is 16.9 Å². The lowest BCUT2D eigenvalue weighted by Crippen LogP contribution is -2.04. The van der Waals surface area contributed by atoms with Crippen LogP contribution in [0.4, 0.5) is 5.95 Å². The van der Waals surface area contributed by atoms with E-state index >= 15 is 0 Å². The number of para-hydroxylation sites is 1. The average Bonchev–Trinajstić information content (AvgIpc) is 3.29. The van der Waals surface area contributed by atoms with E-state index in [0.29, 0.717) is 11.5 Å². The van der Waals surface area contributed by atoms with Gasteiger partial charge in [-0.05, 0) is 37.1 Å². The minimum absolute atomic E-state index is 0.210. The van der Waals surface area contributed by atoms with Crippen molar-refractivity contribution < 1.29 is 8.83 Å². The summed E-state index contributed by atoms with van der Waals surface area (Å²) in [6.07, 6.45) is 4.56. The summed E-state index contributed by atoms with van der Waals surface area (Å²) in [4.78, 5) is 8.93. The standard InChI is InChI=1S/C20H19N3O2/c1-2-3-8-14-18(16-10-6-11-24-16)22-20(21)23-19(14)17-12-13-7-4-5-9-15(13)25-17/h4-7,9-12H,2-3,8H2,1H3,(H2,21,22,23). The van der Waals surface area contributed by atoms with Crippen molar-refractivity contribution in [3.05, 3.63) is 54.3 Å². The Hall–Kier alpha value is -3.08. The first-order valence-corrected chi connectivity index (χ1v) is 8.45. The molecule has 3 heterocycles. The van der Waals surface area contributed by atoms with E-state index in [1.807, 2.05) is 42.5 Å². The lowest BCUT2D eigenvalue weighted by Gasteiger charge is -2.11. The zero-order valence-corrected chi connectivity index (χ0v) is 14.0. The molecule has 5 nitrogen and oxygen atoms in total. The van der Waals surface area contributed by atoms with Gasteiger partial charge < -0.3 is 14.6 Å². The van der Waals surface area contributed by atoms with Gasteiger partial charge in [-0.25, -0.2) is 9.97 Å². The first-order chi connectivity index (χ1) is 12.3. The van der Waals surface area contributed by atoms with Crippen LogP contribution in [-0.4, -0.2) is 9.97 Å². The van der Waals surface area contributed by atoms with E-state index in [9.17, 15) is 0 Å². The Balaban J connectivity index is 1.93. The van der Waals surface area contributed by atoms with Gasteiger partial charge in [0, 0.05) is 10.9 Å². The average molecular weight is 333 g/mol. The number of nitrogens with zero attached hydrogens (tertiary/aromatic N) is 2. The van der Waals surface area contributed by atoms with Crippen molar-refractivity contribution in [3.8, 4) is 22.9 Å². The monoisotopic (exact) mass is 333 g/mol. The van der Waals surface area contributed by atoms with Crippen molar-refractivity contribution in [1.82, 2.24) is 9.97 Å². The van der Waals surface area contributed by atoms with Crippen LogP contribution in [0.1, 0.15) is 25.3 Å². The smallest absolute Gasteiger partial charge is 0.221 e. The van der Waals surface area contributed by atoms with Gasteiger partial charge in [0.2, 0.25) is 5.95 Å². The van der Waals surface area contributed by atoms with Crippen LogP contribution < -0.4 is 5.73 Å². The first kappa shape index (κ1) is 15.4. The summed E-state index contributed by atoms with van der Waals surface area (Å²) >= 11 is 0. The molecule has 4 rings (SSSR count). The fraction of sp³-hybridized carbons (Fsp3) is 0.200. The molecule has 0 fully saturated rings. The summed E-state index contributed by atoms with van der Waals surface area (Å²) in [6.45, 7) is 2.16. The lowest BCUT2D eigenvalue weighted by atomic mass is 10.0. The Kier molecular flexibility index (Phi) is 3.98. The van der Waals surface area contributed by atoms with Gasteiger partial charge in [0.15, 0.2) is 11.5 Å². The molecule has 0 atom stereocenters. The molecule has 4 aromatic rings. The van der Waals surface area contributed by atoms with Crippen molar-refractivity contribution in [2.24, 2.45) is 0 Å². The second-order valence-electron chi connectivity index (χ2n) is 5.99. The third kappa shape index (κ3) is 2.89. The number of furan rings is 2. The Morgan fingerprint density at radius 1 is 1.00 bits per heavy atom. The van der Waals surface area contributed by atoms with Gasteiger partial charge in [-0.2, -0.15) is 0 Å². The number of anilines is 1. The molecule has 1 aromatic carbocycles. The zero-order valence-electron chi connectivity index (χ0n) is 14.0. The van der Waals surface area contributed by atoms with Gasteiger partial charge in [-0.1, -0.05) is 31.5 Å². The van der Waals surface area contributed by atoms with E-state index in [1.54, 1.807) is 6.26 Å². The zero-order chi connectivity index (χ0) is 17.2. The predicted molar refractivity (Wildman–Crippen MR) is 98.0 cm³/mol. The number of fused-ring (bicyclic) bond motifs is 1. The van der Waals surface area contributed by atoms with Crippen LogP contribution in [0, 0.1) is 0 Å². The molecular formula is C20H19N3O2. The Morgan fingerprint density at radius 2 is 1.80 bits per heavy atom. The molecule has 0 unspecified atom stereocenters. The quantitative estimate of drug-likeness (QED) is 0.551. The fourth-order valence-corrected chi connectivity index (χ4v) is 3.01. The number of aromatic nitrogens is 2. The summed E-state index contributed by atoms with van der Waals surface area (Å²) in [5.41, 5.74) is 9.30. The van der Waals surface area contributed by atoms with E-state index in [1.165, 1.54) is 0 Å². The van der Waals surface area contributed by atoms with Gasteiger partial charge in [-0.15, -0.1) is 0 Å². The van der Waals surface area contributed by atoms with Crippen LogP contribution in [0.2, 0.25) is 0 Å². The van der Waals surface area contributed by atoms with Gasteiger partial charge in [0.05, 0.1) is 6.26 Å². The Morgan fingerprint density at radius 3 is 2.52 bits per heavy atom. The van der Waals surface area contributed by atoms with Crippen LogP contribution >= 0.6 is 0 Å². The minimum Gasteiger partial charge on any atom is -0.463 e. The number of nitrogen functional groups attached to an aromatic ring is 1. The van der Waals surface area contributed by atoms with E-state index in [-0.39, 0.29) is 5.95 Å². The van der Waals surface area contributed by atoms with E-state index < -0.39 is 0 Å². The van der Waals surface area contributed by atoms with Crippen LogP contribution in [0.15, 0.2) is 57.6 Å². The molecule has 0 radical (unpaired) electrons. The number of benzene rings is 1. The summed E-state index contributed by atoms with van der Waals surface area (Å²) < 4.78 is 11.6. The summed E-state index contributed by atoms with van der Waals surface area (Å²) in [5, 5.41) is 1.04. The number of unbranched alkanes of at least 4 members (excludes halogenated alkanes) is 1. The predicted octanol–water partition coefficient (Wildman–Crippen LogP) is 5.07. The summed E-state index contributed by atoms with van der Waals surface area (Å²) in [7, 11) is 0. The number of rotatable bonds is 5. The Labute approximate surface area is 145 Å². The topological polar surface area (TPSA) is 78.1 Å². The number of hydrogen-bond acceptors (Lipinski definition) is 5. The molecule has 0 spiro atoms. The molecule has 0 aliphatic rings. The molecule has 126 valence electrons. The normalized spacial score (nSPS) is 11.2. The molecule has 0 saturated carbocycles. The molecular weight excluding hydrogens is 314 g/mol. The molecule has 0 amide bonds. The molecule has 0 saturated heterocycles. The molecule has 0 bridgehead atoms. The number of nitrogens with two attached hydrogens (primary N) is 1. The highest BCUT2D eigenvalue weighted by atomic mass is 16.3. The molecule has 2 N–H and O–H groups in total. The van der Waals surface area contributed by atoms with Crippen molar-refractivity contribution in [3.63, 3.8) is 0 Å². The van der Waals surface area contributed by atoms with Crippen molar-refractivity contribution in [2.75, 3.05) is 5.73 Å². The van der Waals surface area contributed by atoms with Crippen LogP contribution in [0.25, 0.3) is 33.9 Å². The highest BCUT2D eigenvalue weighted by Gasteiger charge is 2.20. The van der Waals surface area contributed by atoms with Crippen molar-refractivity contribution in [2.45, 2.75) is 26.2 Å². The molecule has 0 aliphatic carbocycles. The maximum absolute atomic E-state index is 6.03. The van der Waals surface area contributed by atoms with Crippen molar-refractivity contribution in [1.29, 1.82) is 0 Å². The second kappa shape index (κ2) is 6.43. The van der Waals surface area contributed by atoms with Gasteiger partial charge in [0.1, 0.15) is 17.0 Å². The van der Waals surface area contributed by atoms with Crippen LogP contribution in [0.5, 0.6) is 0 Å². The Bertz CT molecular complexity index is 970. The lowest BCUT2D eigenvalue weighted by molar-refractivity contribution is 0.578. The van der Waals surface area contributed by atoms with Gasteiger partial charge >= 0.3 is 0 Å². The van der Waals surface area contributed by atoms with Gasteiger partial charge in [-0.3, -0.25) is 0 Å².